The molecule has 3 aliphatic rings. The van der Waals surface area contributed by atoms with Crippen molar-refractivity contribution in [2.24, 2.45) is 17.6 Å². The Bertz CT molecular complexity index is 1480. The predicted molar refractivity (Wildman–Crippen MR) is 142 cm³/mol. The van der Waals surface area contributed by atoms with Crippen molar-refractivity contribution in [3.63, 3.8) is 0 Å². The second kappa shape index (κ2) is 9.51. The number of fused-ring (bicyclic) bond motifs is 3. The molecule has 5 rings (SSSR count). The van der Waals surface area contributed by atoms with Crippen LogP contribution in [0.4, 0.5) is 0 Å². The first kappa shape index (κ1) is 26.9. The molecule has 6 N–H and O–H groups in total. The van der Waals surface area contributed by atoms with Crippen LogP contribution in [0.2, 0.25) is 5.02 Å². The molecule has 0 bridgehead atoms. The van der Waals surface area contributed by atoms with E-state index in [0.717, 1.165) is 5.56 Å². The molecule has 0 spiro atoms. The summed E-state index contributed by atoms with van der Waals surface area (Å²) in [5.74, 6) is -6.65. The van der Waals surface area contributed by atoms with E-state index in [-0.39, 0.29) is 42.2 Å². The number of carbonyl (C=O) groups is 3. The molecule has 0 saturated heterocycles. The Morgan fingerprint density at radius 2 is 1.85 bits per heavy atom. The molecule has 10 heteroatoms. The topological polar surface area (TPSA) is 161 Å². The number of aromatic hydroxyl groups is 1. The van der Waals surface area contributed by atoms with E-state index in [0.29, 0.717) is 22.7 Å². The first-order valence-corrected chi connectivity index (χ1v) is 13.0. The maximum atomic E-state index is 13.6. The van der Waals surface area contributed by atoms with Crippen molar-refractivity contribution < 1.29 is 34.8 Å². The lowest BCUT2D eigenvalue weighted by atomic mass is 9.60. The minimum Gasteiger partial charge on any atom is -0.511 e. The van der Waals surface area contributed by atoms with Crippen LogP contribution in [0.1, 0.15) is 52.9 Å². The molecule has 204 valence electrons. The fourth-order valence-electron chi connectivity index (χ4n) is 6.23. The number of phenols is 1. The highest BCUT2D eigenvalue weighted by atomic mass is 35.5. The van der Waals surface area contributed by atoms with E-state index < -0.39 is 52.0 Å². The van der Waals surface area contributed by atoms with Gasteiger partial charge in [0.1, 0.15) is 22.8 Å². The molecule has 0 aromatic heterocycles. The number of hydrogen-bond donors (Lipinski definition) is 5. The van der Waals surface area contributed by atoms with Gasteiger partial charge in [-0.1, -0.05) is 41.9 Å². The Kier molecular flexibility index (Phi) is 6.57. The van der Waals surface area contributed by atoms with Crippen molar-refractivity contribution in [2.45, 2.75) is 44.4 Å². The number of aliphatic hydroxyl groups is 3. The van der Waals surface area contributed by atoms with Gasteiger partial charge in [0.25, 0.3) is 5.91 Å². The number of rotatable bonds is 5. The lowest BCUT2D eigenvalue weighted by Crippen LogP contribution is -2.57. The lowest BCUT2D eigenvalue weighted by molar-refractivity contribution is -0.144. The third-order valence-corrected chi connectivity index (χ3v) is 8.90. The van der Waals surface area contributed by atoms with Gasteiger partial charge >= 0.3 is 0 Å². The number of primary amides is 1. The number of nitrogens with two attached hydrogens (primary N) is 1. The second-order valence-electron chi connectivity index (χ2n) is 10.6. The highest BCUT2D eigenvalue weighted by Gasteiger charge is 2.59. The maximum absolute atomic E-state index is 13.6. The molecule has 39 heavy (non-hydrogen) atoms. The molecule has 2 unspecified atom stereocenters. The number of nitrogens with zero attached hydrogens (tertiary/aromatic N) is 1. The van der Waals surface area contributed by atoms with E-state index in [2.05, 4.69) is 4.90 Å². The summed E-state index contributed by atoms with van der Waals surface area (Å²) < 4.78 is 0. The van der Waals surface area contributed by atoms with E-state index in [4.69, 9.17) is 17.3 Å². The molecule has 0 saturated carbocycles. The molecular formula is C29H29ClN2O7. The molecule has 0 heterocycles. The molecule has 1 amide bonds. The molecule has 0 fully saturated rings. The van der Waals surface area contributed by atoms with Gasteiger partial charge in [-0.05, 0) is 55.5 Å². The van der Waals surface area contributed by atoms with Crippen molar-refractivity contribution in [2.75, 3.05) is 7.05 Å². The maximum Gasteiger partial charge on any atom is 0.255 e. The zero-order chi connectivity index (χ0) is 28.4. The summed E-state index contributed by atoms with van der Waals surface area (Å²) in [5, 5.41) is 44.0. The second-order valence-corrected chi connectivity index (χ2v) is 11.0. The molecule has 0 radical (unpaired) electrons. The average molecular weight is 553 g/mol. The molecule has 0 aliphatic heterocycles. The van der Waals surface area contributed by atoms with Gasteiger partial charge < -0.3 is 26.2 Å². The van der Waals surface area contributed by atoms with Crippen LogP contribution >= 0.6 is 11.6 Å². The smallest absolute Gasteiger partial charge is 0.255 e. The number of carbonyl (C=O) groups excluding carboxylic acids is 3. The normalized spacial score (nSPS) is 25.4. The molecule has 3 aliphatic carbocycles. The Morgan fingerprint density at radius 1 is 1.18 bits per heavy atom. The number of allylic oxidation sites excluding steroid dienone is 2. The summed E-state index contributed by atoms with van der Waals surface area (Å²) in [6.07, 6.45) is -0.0711. The van der Waals surface area contributed by atoms with Gasteiger partial charge in [0.2, 0.25) is 5.78 Å². The fourth-order valence-corrected chi connectivity index (χ4v) is 6.51. The third kappa shape index (κ3) is 4.04. The van der Waals surface area contributed by atoms with Crippen LogP contribution in [0, 0.1) is 11.8 Å². The monoisotopic (exact) mass is 552 g/mol. The quantitative estimate of drug-likeness (QED) is 0.352. The number of aliphatic hydroxyl groups excluding tert-OH is 2. The van der Waals surface area contributed by atoms with Crippen LogP contribution < -0.4 is 5.73 Å². The third-order valence-electron chi connectivity index (χ3n) is 8.43. The van der Waals surface area contributed by atoms with Crippen molar-refractivity contribution in [1.29, 1.82) is 0 Å². The standard InChI is InChI=1S/C29H29ClN2O7/c1-13(14-6-4-3-5-7-14)32(2)12-16-10-19(33)22-18(24(16)30)9-15-8-17-11-20(34)23(28(31)38)27(37)29(17,39)26(36)21(15)25(22)35/h3-7,10,13,15,17,33-34,36,39H,8-9,11-12H2,1-2H3,(H2,31,38)/t13?,15?,17-,29-/m0/s1. The minimum atomic E-state index is -2.59. The summed E-state index contributed by atoms with van der Waals surface area (Å²) in [7, 11) is 1.93. The van der Waals surface area contributed by atoms with Crippen molar-refractivity contribution in [3.05, 3.63) is 86.3 Å². The highest BCUT2D eigenvalue weighted by molar-refractivity contribution is 6.33. The highest BCUT2D eigenvalue weighted by Crippen LogP contribution is 2.52. The Hall–Kier alpha value is -3.66. The number of benzene rings is 2. The van der Waals surface area contributed by atoms with E-state index in [1.54, 1.807) is 0 Å². The molecule has 4 atom stereocenters. The molecule has 9 nitrogen and oxygen atoms in total. The zero-order valence-corrected chi connectivity index (χ0v) is 22.2. The van der Waals surface area contributed by atoms with Gasteiger partial charge in [-0.25, -0.2) is 0 Å². The van der Waals surface area contributed by atoms with Crippen molar-refractivity contribution in [3.8, 4) is 5.75 Å². The van der Waals surface area contributed by atoms with Crippen LogP contribution in [-0.2, 0) is 22.6 Å². The number of amides is 1. The van der Waals surface area contributed by atoms with Gasteiger partial charge in [-0.3, -0.25) is 19.3 Å². The number of hydrogen-bond acceptors (Lipinski definition) is 8. The summed E-state index contributed by atoms with van der Waals surface area (Å²) in [5.41, 5.74) is 3.67. The van der Waals surface area contributed by atoms with Gasteiger partial charge in [-0.2, -0.15) is 0 Å². The van der Waals surface area contributed by atoms with Gasteiger partial charge in [-0.15, -0.1) is 0 Å². The van der Waals surface area contributed by atoms with E-state index >= 15 is 0 Å². The Morgan fingerprint density at radius 3 is 2.49 bits per heavy atom. The van der Waals surface area contributed by atoms with Crippen molar-refractivity contribution >= 4 is 29.1 Å². The summed E-state index contributed by atoms with van der Waals surface area (Å²) >= 11 is 6.82. The number of halogens is 1. The van der Waals surface area contributed by atoms with Crippen LogP contribution in [0.15, 0.2) is 59.1 Å². The van der Waals surface area contributed by atoms with Crippen LogP contribution in [0.5, 0.6) is 5.75 Å². The SMILES string of the molecule is CC(c1ccccc1)N(C)Cc1cc(O)c2c(c1Cl)CC1C[C@H]3CC(O)=C(C(N)=O)C(=O)[C@@]3(O)C(O)=C1C2=O. The summed E-state index contributed by atoms with van der Waals surface area (Å²) in [6, 6.07) is 11.4. The van der Waals surface area contributed by atoms with Crippen LogP contribution in [0.25, 0.3) is 0 Å². The number of ketones is 2. The summed E-state index contributed by atoms with van der Waals surface area (Å²) in [4.78, 5) is 40.5. The first-order valence-electron chi connectivity index (χ1n) is 12.6. The first-order chi connectivity index (χ1) is 18.4. The molecule has 2 aromatic rings. The van der Waals surface area contributed by atoms with Crippen LogP contribution in [0.3, 0.4) is 0 Å². The van der Waals surface area contributed by atoms with Crippen LogP contribution in [-0.4, -0.2) is 55.4 Å². The minimum absolute atomic E-state index is 0.0412. The summed E-state index contributed by atoms with van der Waals surface area (Å²) in [6.45, 7) is 2.43. The number of Topliss-reactive ketones (excluding diaryl/α,β-unsaturated/α-hetero) is 2. The van der Waals surface area contributed by atoms with Gasteiger partial charge in [0.15, 0.2) is 11.4 Å². The lowest BCUT2D eigenvalue weighted by Gasteiger charge is -2.45. The predicted octanol–water partition coefficient (Wildman–Crippen LogP) is 3.43. The molecular weight excluding hydrogens is 524 g/mol. The molecule has 2 aromatic carbocycles. The van der Waals surface area contributed by atoms with E-state index in [9.17, 15) is 34.8 Å². The zero-order valence-electron chi connectivity index (χ0n) is 21.4. The van der Waals surface area contributed by atoms with Crippen molar-refractivity contribution in [1.82, 2.24) is 4.90 Å². The Balaban J connectivity index is 1.53. The van der Waals surface area contributed by atoms with E-state index in [1.807, 2.05) is 44.3 Å². The van der Waals surface area contributed by atoms with Gasteiger partial charge in [0, 0.05) is 35.5 Å². The average Bonchev–Trinajstić information content (AvgIpc) is 2.88. The Labute approximate surface area is 229 Å². The van der Waals surface area contributed by atoms with E-state index in [1.165, 1.54) is 6.07 Å². The fraction of sp³-hybridized carbons (Fsp3) is 0.345. The largest absolute Gasteiger partial charge is 0.511 e. The van der Waals surface area contributed by atoms with Gasteiger partial charge in [0.05, 0.1) is 5.56 Å². The number of phenolic OH excluding ortho intramolecular Hbond substituents is 1.